The number of para-hydroxylation sites is 2. The summed E-state index contributed by atoms with van der Waals surface area (Å²) in [7, 11) is 0. The molecule has 0 aliphatic carbocycles. The normalized spacial score (nSPS) is 10.9. The van der Waals surface area contributed by atoms with E-state index in [0.717, 1.165) is 21.9 Å². The lowest BCUT2D eigenvalue weighted by Gasteiger charge is -2.08. The molecule has 0 saturated heterocycles. The van der Waals surface area contributed by atoms with Gasteiger partial charge in [-0.1, -0.05) is 54.2 Å². The second-order valence-corrected chi connectivity index (χ2v) is 8.86. The summed E-state index contributed by atoms with van der Waals surface area (Å²) in [5.41, 5.74) is 4.37. The summed E-state index contributed by atoms with van der Waals surface area (Å²) in [5, 5.41) is 15.5. The molecule has 0 aliphatic heterocycles. The quantitative estimate of drug-likeness (QED) is 0.123. The number of nitrogen functional groups attached to an aromatic ring is 1. The predicted molar refractivity (Wildman–Crippen MR) is 142 cm³/mol. The first kappa shape index (κ1) is 24.2. The molecule has 0 fully saturated rings. The highest BCUT2D eigenvalue weighted by Crippen LogP contribution is 2.25. The van der Waals surface area contributed by atoms with Gasteiger partial charge in [0.15, 0.2) is 0 Å². The Balaban J connectivity index is 1.30. The van der Waals surface area contributed by atoms with E-state index in [1.54, 1.807) is 18.0 Å². The van der Waals surface area contributed by atoms with Crippen molar-refractivity contribution < 1.29 is 9.53 Å². The lowest BCUT2D eigenvalue weighted by atomic mass is 10.2. The highest BCUT2D eigenvalue weighted by Gasteiger charge is 2.13. The number of carbonyl (C=O) groups excluding carboxylic acids is 1. The molecule has 1 amide bonds. The van der Waals surface area contributed by atoms with Crippen molar-refractivity contribution in [1.82, 2.24) is 14.9 Å². The summed E-state index contributed by atoms with van der Waals surface area (Å²) in [5.74, 6) is 7.72. The Hall–Kier alpha value is -3.96. The third-order valence-corrected chi connectivity index (χ3v) is 6.33. The fourth-order valence-corrected chi connectivity index (χ4v) is 4.17. The average molecular weight is 506 g/mol. The van der Waals surface area contributed by atoms with Gasteiger partial charge in [-0.2, -0.15) is 5.10 Å². The van der Waals surface area contributed by atoms with Crippen LogP contribution in [-0.2, 0) is 4.79 Å². The molecule has 4 aromatic rings. The first-order valence-corrected chi connectivity index (χ1v) is 12.7. The van der Waals surface area contributed by atoms with E-state index in [1.807, 2.05) is 85.1 Å². The minimum atomic E-state index is -0.162. The predicted octanol–water partition coefficient (Wildman–Crippen LogP) is 4.68. The third-order valence-electron chi connectivity index (χ3n) is 4.59. The molecule has 9 nitrogen and oxygen atoms in total. The molecule has 0 radical (unpaired) electrons. The summed E-state index contributed by atoms with van der Waals surface area (Å²) in [4.78, 5) is 13.3. The number of hydrazone groups is 1. The number of nitrogens with one attached hydrogen (secondary N) is 2. The van der Waals surface area contributed by atoms with Crippen LogP contribution in [0.5, 0.6) is 11.5 Å². The molecular formula is C24H23N7O2S2. The van der Waals surface area contributed by atoms with E-state index in [1.165, 1.54) is 16.4 Å². The third kappa shape index (κ3) is 6.78. The van der Waals surface area contributed by atoms with Crippen LogP contribution >= 0.6 is 23.5 Å². The zero-order valence-corrected chi connectivity index (χ0v) is 20.4. The number of carbonyl (C=O) groups is 1. The Morgan fingerprint density at radius 2 is 1.83 bits per heavy atom. The molecule has 0 aliphatic rings. The van der Waals surface area contributed by atoms with E-state index in [4.69, 9.17) is 10.6 Å². The van der Waals surface area contributed by atoms with Gasteiger partial charge >= 0.3 is 0 Å². The fraction of sp³-hybridized carbons (Fsp3) is 0.0833. The van der Waals surface area contributed by atoms with Gasteiger partial charge in [0, 0.05) is 4.90 Å². The summed E-state index contributed by atoms with van der Waals surface area (Å²) in [6.07, 6.45) is 3.58. The summed E-state index contributed by atoms with van der Waals surface area (Å²) < 4.78 is 7.09. The van der Waals surface area contributed by atoms with Crippen molar-refractivity contribution in [2.75, 3.05) is 28.6 Å². The van der Waals surface area contributed by atoms with E-state index >= 15 is 0 Å². The first-order valence-electron chi connectivity index (χ1n) is 10.5. The second-order valence-electron chi connectivity index (χ2n) is 7.07. The van der Waals surface area contributed by atoms with Gasteiger partial charge in [-0.3, -0.25) is 4.79 Å². The second kappa shape index (κ2) is 12.0. The molecule has 0 atom stereocenters. The van der Waals surface area contributed by atoms with Crippen LogP contribution in [0.2, 0.25) is 0 Å². The average Bonchev–Trinajstić information content (AvgIpc) is 3.23. The summed E-state index contributed by atoms with van der Waals surface area (Å²) in [6, 6.07) is 24.7. The lowest BCUT2D eigenvalue weighted by molar-refractivity contribution is -0.113. The van der Waals surface area contributed by atoms with Gasteiger partial charge in [0.05, 0.1) is 17.7 Å². The molecule has 1 heterocycles. The van der Waals surface area contributed by atoms with Gasteiger partial charge in [-0.25, -0.2) is 10.1 Å². The van der Waals surface area contributed by atoms with E-state index < -0.39 is 0 Å². The van der Waals surface area contributed by atoms with Crippen molar-refractivity contribution in [3.63, 3.8) is 0 Å². The van der Waals surface area contributed by atoms with Crippen LogP contribution in [0.15, 0.2) is 94.0 Å². The molecule has 35 heavy (non-hydrogen) atoms. The molecule has 4 rings (SSSR count). The van der Waals surface area contributed by atoms with Crippen LogP contribution in [0.3, 0.4) is 0 Å². The Bertz CT molecular complexity index is 1310. The highest BCUT2D eigenvalue weighted by molar-refractivity contribution is 7.99. The van der Waals surface area contributed by atoms with Crippen LogP contribution < -0.4 is 21.3 Å². The zero-order valence-electron chi connectivity index (χ0n) is 18.8. The van der Waals surface area contributed by atoms with Crippen LogP contribution in [0, 0.1) is 0 Å². The molecule has 0 bridgehead atoms. The standard InChI is InChI=1S/C24H23N7O2S2/c1-34-21-13-6-5-12-20(21)27-22(32)16-35-24-30-29-23(31(24)25)28-26-15-17-8-7-11-19(14-17)33-18-9-3-2-4-10-18/h2-15H,16,25H2,1H3,(H,27,32)(H,28,29)/b26-15+. The number of ether oxygens (including phenoxy) is 1. The van der Waals surface area contributed by atoms with Gasteiger partial charge in [-0.05, 0) is 48.2 Å². The van der Waals surface area contributed by atoms with Crippen LogP contribution in [0.1, 0.15) is 5.56 Å². The first-order chi connectivity index (χ1) is 17.1. The number of rotatable bonds is 10. The molecule has 0 saturated carbocycles. The van der Waals surface area contributed by atoms with E-state index in [0.29, 0.717) is 10.9 Å². The van der Waals surface area contributed by atoms with Crippen molar-refractivity contribution >= 4 is 47.3 Å². The maximum Gasteiger partial charge on any atom is 0.264 e. The number of hydrogen-bond donors (Lipinski definition) is 3. The fourth-order valence-electron chi connectivity index (χ4n) is 2.96. The minimum Gasteiger partial charge on any atom is -0.457 e. The van der Waals surface area contributed by atoms with E-state index in [9.17, 15) is 4.79 Å². The molecule has 178 valence electrons. The summed E-state index contributed by atoms with van der Waals surface area (Å²) >= 11 is 2.75. The Morgan fingerprint density at radius 3 is 2.66 bits per heavy atom. The van der Waals surface area contributed by atoms with E-state index in [-0.39, 0.29) is 17.6 Å². The van der Waals surface area contributed by atoms with Gasteiger partial charge < -0.3 is 15.9 Å². The molecule has 0 spiro atoms. The number of benzene rings is 3. The van der Waals surface area contributed by atoms with Crippen LogP contribution in [0.4, 0.5) is 11.6 Å². The SMILES string of the molecule is CSc1ccccc1NC(=O)CSc1nnc(N/N=C/c2cccc(Oc3ccccc3)c2)n1N. The molecule has 11 heteroatoms. The molecule has 4 N–H and O–H groups in total. The van der Waals surface area contributed by atoms with Crippen molar-refractivity contribution in [2.24, 2.45) is 5.10 Å². The van der Waals surface area contributed by atoms with Crippen molar-refractivity contribution in [2.45, 2.75) is 10.1 Å². The number of nitrogens with two attached hydrogens (primary N) is 1. The van der Waals surface area contributed by atoms with Crippen LogP contribution in [-0.4, -0.2) is 39.0 Å². The maximum atomic E-state index is 12.4. The van der Waals surface area contributed by atoms with E-state index in [2.05, 4.69) is 26.0 Å². The monoisotopic (exact) mass is 505 g/mol. The Labute approximate surface area is 211 Å². The molecular weight excluding hydrogens is 482 g/mol. The number of hydrogen-bond acceptors (Lipinski definition) is 9. The lowest BCUT2D eigenvalue weighted by Crippen LogP contribution is -2.17. The van der Waals surface area contributed by atoms with Gasteiger partial charge in [0.25, 0.3) is 5.95 Å². The number of aromatic nitrogens is 3. The maximum absolute atomic E-state index is 12.4. The molecule has 0 unspecified atom stereocenters. The zero-order chi connectivity index (χ0) is 24.5. The number of nitrogens with zero attached hydrogens (tertiary/aromatic N) is 4. The largest absolute Gasteiger partial charge is 0.457 e. The minimum absolute atomic E-state index is 0.134. The Morgan fingerprint density at radius 1 is 1.06 bits per heavy atom. The van der Waals surface area contributed by atoms with Gasteiger partial charge in [0.2, 0.25) is 11.1 Å². The molecule has 3 aromatic carbocycles. The van der Waals surface area contributed by atoms with Crippen molar-refractivity contribution in [3.8, 4) is 11.5 Å². The Kier molecular flexibility index (Phi) is 8.25. The number of thioether (sulfide) groups is 2. The number of amides is 1. The van der Waals surface area contributed by atoms with Gasteiger partial charge in [-0.15, -0.1) is 22.0 Å². The smallest absolute Gasteiger partial charge is 0.264 e. The topological polar surface area (TPSA) is 119 Å². The molecule has 1 aromatic heterocycles. The van der Waals surface area contributed by atoms with Crippen LogP contribution in [0.25, 0.3) is 0 Å². The van der Waals surface area contributed by atoms with Gasteiger partial charge in [0.1, 0.15) is 11.5 Å². The number of anilines is 2. The summed E-state index contributed by atoms with van der Waals surface area (Å²) in [6.45, 7) is 0. The van der Waals surface area contributed by atoms with Crippen molar-refractivity contribution in [1.29, 1.82) is 0 Å². The van der Waals surface area contributed by atoms with Crippen molar-refractivity contribution in [3.05, 3.63) is 84.4 Å². The highest BCUT2D eigenvalue weighted by atomic mass is 32.2.